The average molecular weight is 269 g/mol. The van der Waals surface area contributed by atoms with Crippen LogP contribution in [0, 0.1) is 10.1 Å². The van der Waals surface area contributed by atoms with Gasteiger partial charge in [-0.15, -0.1) is 11.3 Å². The van der Waals surface area contributed by atoms with Crippen LogP contribution in [0.15, 0.2) is 60.3 Å². The molecule has 1 aliphatic carbocycles. The molecule has 0 radical (unpaired) electrons. The molecule has 0 saturated carbocycles. The summed E-state index contributed by atoms with van der Waals surface area (Å²) in [6, 6.07) is 10.0. The van der Waals surface area contributed by atoms with Crippen LogP contribution in [0.5, 0.6) is 0 Å². The highest BCUT2D eigenvalue weighted by atomic mass is 32.1. The summed E-state index contributed by atoms with van der Waals surface area (Å²) in [5.74, 6) is 0. The van der Waals surface area contributed by atoms with Gasteiger partial charge in [0.15, 0.2) is 0 Å². The Bertz CT molecular complexity index is 704. The Morgan fingerprint density at radius 1 is 1.16 bits per heavy atom. The number of hydrogen-bond acceptors (Lipinski definition) is 3. The van der Waals surface area contributed by atoms with Gasteiger partial charge < -0.3 is 0 Å². The number of nitrogens with zero attached hydrogens (tertiary/aromatic N) is 1. The van der Waals surface area contributed by atoms with Crippen LogP contribution in [0.1, 0.15) is 11.3 Å². The van der Waals surface area contributed by atoms with Gasteiger partial charge in [0.25, 0.3) is 5.70 Å². The molecule has 0 bridgehead atoms. The maximum Gasteiger partial charge on any atom is 0.277 e. The van der Waals surface area contributed by atoms with Crippen LogP contribution in [0.4, 0.5) is 0 Å². The molecule has 94 valence electrons. The third-order valence-electron chi connectivity index (χ3n) is 3.00. The van der Waals surface area contributed by atoms with Gasteiger partial charge >= 0.3 is 0 Å². The zero-order valence-electron chi connectivity index (χ0n) is 10.1. The highest BCUT2D eigenvalue weighted by molar-refractivity contribution is 7.20. The van der Waals surface area contributed by atoms with Crippen LogP contribution in [-0.4, -0.2) is 4.92 Å². The fraction of sp³-hybridized carbons (Fsp3) is 0.0667. The van der Waals surface area contributed by atoms with E-state index in [-0.39, 0.29) is 10.6 Å². The van der Waals surface area contributed by atoms with Gasteiger partial charge in [-0.05, 0) is 23.9 Å². The van der Waals surface area contributed by atoms with Crippen molar-refractivity contribution in [3.63, 3.8) is 0 Å². The van der Waals surface area contributed by atoms with Crippen molar-refractivity contribution in [3.8, 4) is 0 Å². The Hall–Kier alpha value is -2.20. The molecule has 0 N–H and O–H groups in total. The van der Waals surface area contributed by atoms with Crippen LogP contribution in [0.25, 0.3) is 15.7 Å². The van der Waals surface area contributed by atoms with Gasteiger partial charge in [0.05, 0.1) is 10.5 Å². The standard InChI is InChI=1S/C15H11NO2S/c17-16(18)13-8-3-1-2-7-12(13)15-10-11-6-4-5-9-14(11)19-15/h2-10H,1H2. The number of nitro groups is 1. The fourth-order valence-electron chi connectivity index (χ4n) is 2.10. The van der Waals surface area contributed by atoms with Crippen molar-refractivity contribution >= 4 is 27.0 Å². The minimum Gasteiger partial charge on any atom is -0.258 e. The van der Waals surface area contributed by atoms with E-state index in [1.807, 2.05) is 48.6 Å². The Morgan fingerprint density at radius 2 is 1.95 bits per heavy atom. The molecule has 1 aromatic heterocycles. The van der Waals surface area contributed by atoms with E-state index < -0.39 is 0 Å². The molecule has 0 amide bonds. The molecule has 0 unspecified atom stereocenters. The largest absolute Gasteiger partial charge is 0.277 e. The van der Waals surface area contributed by atoms with Crippen molar-refractivity contribution in [2.45, 2.75) is 6.42 Å². The first-order valence-electron chi connectivity index (χ1n) is 5.96. The van der Waals surface area contributed by atoms with Gasteiger partial charge in [0.1, 0.15) is 0 Å². The molecule has 0 fully saturated rings. The number of benzene rings is 1. The van der Waals surface area contributed by atoms with Gasteiger partial charge in [0.2, 0.25) is 0 Å². The minimum atomic E-state index is -0.314. The van der Waals surface area contributed by atoms with E-state index in [0.717, 1.165) is 21.4 Å². The van der Waals surface area contributed by atoms with E-state index >= 15 is 0 Å². The zero-order valence-corrected chi connectivity index (χ0v) is 10.9. The molecule has 0 aliphatic heterocycles. The molecule has 0 spiro atoms. The van der Waals surface area contributed by atoms with E-state index in [1.54, 1.807) is 17.4 Å². The maximum absolute atomic E-state index is 11.2. The van der Waals surface area contributed by atoms with Crippen molar-refractivity contribution < 1.29 is 4.92 Å². The molecule has 0 atom stereocenters. The second kappa shape index (κ2) is 4.82. The molecule has 2 aromatic rings. The summed E-state index contributed by atoms with van der Waals surface area (Å²) in [6.07, 6.45) is 7.94. The Morgan fingerprint density at radius 3 is 2.74 bits per heavy atom. The van der Waals surface area contributed by atoms with E-state index in [2.05, 4.69) is 0 Å². The van der Waals surface area contributed by atoms with Crippen LogP contribution in [0.2, 0.25) is 0 Å². The molecular formula is C15H11NO2S. The van der Waals surface area contributed by atoms with E-state index in [0.29, 0.717) is 5.57 Å². The van der Waals surface area contributed by atoms with Crippen molar-refractivity contribution in [3.05, 3.63) is 75.3 Å². The number of fused-ring (bicyclic) bond motifs is 1. The van der Waals surface area contributed by atoms with Gasteiger partial charge in [-0.3, -0.25) is 10.1 Å². The molecule has 3 rings (SSSR count). The van der Waals surface area contributed by atoms with Gasteiger partial charge in [-0.1, -0.05) is 36.4 Å². The second-order valence-corrected chi connectivity index (χ2v) is 5.33. The van der Waals surface area contributed by atoms with Crippen molar-refractivity contribution in [1.29, 1.82) is 0 Å². The lowest BCUT2D eigenvalue weighted by Crippen LogP contribution is -1.98. The number of hydrogen-bond donors (Lipinski definition) is 0. The Balaban J connectivity index is 2.22. The first-order valence-corrected chi connectivity index (χ1v) is 6.78. The molecule has 1 heterocycles. The Kier molecular flexibility index (Phi) is 3.01. The average Bonchev–Trinajstić information content (AvgIpc) is 2.66. The van der Waals surface area contributed by atoms with Crippen LogP contribution in [-0.2, 0) is 0 Å². The molecule has 4 heteroatoms. The van der Waals surface area contributed by atoms with Gasteiger partial charge in [-0.2, -0.15) is 0 Å². The lowest BCUT2D eigenvalue weighted by Gasteiger charge is -1.98. The summed E-state index contributed by atoms with van der Waals surface area (Å²) in [7, 11) is 0. The minimum absolute atomic E-state index is 0.167. The maximum atomic E-state index is 11.2. The van der Waals surface area contributed by atoms with E-state index in [9.17, 15) is 10.1 Å². The molecular weight excluding hydrogens is 258 g/mol. The number of rotatable bonds is 2. The SMILES string of the molecule is O=[N+]([O-])C1=C(c2cc3ccccc3s2)C=CCC=C1. The molecule has 1 aliphatic rings. The summed E-state index contributed by atoms with van der Waals surface area (Å²) in [4.78, 5) is 11.8. The summed E-state index contributed by atoms with van der Waals surface area (Å²) < 4.78 is 1.15. The van der Waals surface area contributed by atoms with Crippen molar-refractivity contribution in [2.75, 3.05) is 0 Å². The van der Waals surface area contributed by atoms with E-state index in [4.69, 9.17) is 0 Å². The third-order valence-corrected chi connectivity index (χ3v) is 4.15. The number of thiophene rings is 1. The summed E-state index contributed by atoms with van der Waals surface area (Å²) in [5, 5.41) is 12.3. The number of allylic oxidation sites excluding steroid dienone is 5. The topological polar surface area (TPSA) is 43.1 Å². The normalized spacial score (nSPS) is 14.9. The smallest absolute Gasteiger partial charge is 0.258 e. The lowest BCUT2D eigenvalue weighted by atomic mass is 10.1. The first-order chi connectivity index (χ1) is 9.25. The third kappa shape index (κ3) is 2.22. The van der Waals surface area contributed by atoms with Gasteiger partial charge in [-0.25, -0.2) is 0 Å². The summed E-state index contributed by atoms with van der Waals surface area (Å²) >= 11 is 1.59. The van der Waals surface area contributed by atoms with Crippen molar-refractivity contribution in [1.82, 2.24) is 0 Å². The molecule has 0 saturated heterocycles. The first kappa shape index (κ1) is 11.9. The fourth-order valence-corrected chi connectivity index (χ4v) is 3.20. The highest BCUT2D eigenvalue weighted by Gasteiger charge is 2.18. The van der Waals surface area contributed by atoms with Crippen molar-refractivity contribution in [2.24, 2.45) is 0 Å². The van der Waals surface area contributed by atoms with Crippen LogP contribution in [0.3, 0.4) is 0 Å². The van der Waals surface area contributed by atoms with Gasteiger partial charge in [0, 0.05) is 15.7 Å². The lowest BCUT2D eigenvalue weighted by molar-refractivity contribution is -0.417. The van der Waals surface area contributed by atoms with Crippen LogP contribution < -0.4 is 0 Å². The highest BCUT2D eigenvalue weighted by Crippen LogP contribution is 2.34. The summed E-state index contributed by atoms with van der Waals surface area (Å²) in [6.45, 7) is 0. The summed E-state index contributed by atoms with van der Waals surface area (Å²) in [5.41, 5.74) is 0.861. The van der Waals surface area contributed by atoms with E-state index in [1.165, 1.54) is 0 Å². The molecule has 19 heavy (non-hydrogen) atoms. The molecule has 1 aromatic carbocycles. The monoisotopic (exact) mass is 269 g/mol. The quantitative estimate of drug-likeness (QED) is 0.599. The molecule has 3 nitrogen and oxygen atoms in total. The predicted octanol–water partition coefficient (Wildman–Crippen LogP) is 4.41. The predicted molar refractivity (Wildman–Crippen MR) is 78.6 cm³/mol. The zero-order chi connectivity index (χ0) is 13.2. The van der Waals surface area contributed by atoms with Crippen LogP contribution >= 0.6 is 11.3 Å². The Labute approximate surface area is 114 Å². The second-order valence-electron chi connectivity index (χ2n) is 4.24.